The smallest absolute Gasteiger partial charge is 0.142 e. The third kappa shape index (κ3) is 6.74. The quantitative estimate of drug-likeness (QED) is 0.164. The van der Waals surface area contributed by atoms with Crippen molar-refractivity contribution in [3.8, 4) is 44.9 Å². The Bertz CT molecular complexity index is 3160. The number of anilines is 3. The molecule has 0 saturated carbocycles. The number of para-hydroxylation sites is 1. The molecule has 0 fully saturated rings. The fraction of sp³-hybridized carbons (Fsp3) is 0.100. The summed E-state index contributed by atoms with van der Waals surface area (Å²) in [5, 5.41) is 0. The maximum Gasteiger partial charge on any atom is 0.142 e. The standard InChI is InChI=1S/C60H45NOS3/c1-59(2)47-17-5-8-23-53(47)63-56-44(14-11-19-49(56)59)38-26-32-41(33-27-38)61(43-36-30-40(31-37-43)46-16-13-22-52-58(46)65-55-25-10-7-21-51(55)62-52)42-34-28-39(29-35-42)45-15-12-20-50-57(45)64-54-24-9-6-18-48(54)60(50,3)4/h5-37H,1-4H3. The van der Waals surface area contributed by atoms with Gasteiger partial charge in [0.25, 0.3) is 0 Å². The highest BCUT2D eigenvalue weighted by Crippen LogP contribution is 2.55. The molecule has 0 amide bonds. The van der Waals surface area contributed by atoms with Crippen LogP contribution in [0.15, 0.2) is 230 Å². The van der Waals surface area contributed by atoms with Crippen molar-refractivity contribution in [3.63, 3.8) is 0 Å². The van der Waals surface area contributed by atoms with E-state index >= 15 is 0 Å². The lowest BCUT2D eigenvalue weighted by Crippen LogP contribution is -2.23. The van der Waals surface area contributed by atoms with Gasteiger partial charge in [-0.15, -0.1) is 0 Å². The second-order valence-electron chi connectivity index (χ2n) is 18.1. The predicted octanol–water partition coefficient (Wildman–Crippen LogP) is 18.0. The summed E-state index contributed by atoms with van der Waals surface area (Å²) in [5.74, 6) is 1.80. The summed E-state index contributed by atoms with van der Waals surface area (Å²) < 4.78 is 6.38. The minimum absolute atomic E-state index is 0.0874. The molecule has 0 aromatic heterocycles. The Hall–Kier alpha value is -6.37. The van der Waals surface area contributed by atoms with Gasteiger partial charge in [0.05, 0.1) is 9.79 Å². The molecule has 65 heavy (non-hydrogen) atoms. The van der Waals surface area contributed by atoms with Crippen LogP contribution in [-0.2, 0) is 10.8 Å². The SMILES string of the molecule is CC1(C)c2ccccc2Sc2c(-c3ccc(N(c4ccc(-c5cccc6c5Sc5ccccc5O6)cc4)c4ccc(-c5cccc6c5Sc5ccccc5C6(C)C)cc4)cc3)cccc21. The average Bonchev–Trinajstić information content (AvgIpc) is 3.34. The molecule has 0 bridgehead atoms. The number of ether oxygens (including phenoxy) is 1. The summed E-state index contributed by atoms with van der Waals surface area (Å²) in [4.78, 5) is 10.0. The molecular weight excluding hydrogens is 847 g/mol. The largest absolute Gasteiger partial charge is 0.455 e. The van der Waals surface area contributed by atoms with Crippen molar-refractivity contribution in [2.75, 3.05) is 4.90 Å². The molecule has 5 heteroatoms. The summed E-state index contributed by atoms with van der Waals surface area (Å²) in [6, 6.07) is 73.4. The van der Waals surface area contributed by atoms with Crippen LogP contribution in [0.4, 0.5) is 17.1 Å². The van der Waals surface area contributed by atoms with E-state index in [0.29, 0.717) is 0 Å². The molecule has 314 valence electrons. The highest BCUT2D eigenvalue weighted by atomic mass is 32.2. The van der Waals surface area contributed by atoms with Crippen LogP contribution in [-0.4, -0.2) is 0 Å². The van der Waals surface area contributed by atoms with Crippen molar-refractivity contribution in [1.82, 2.24) is 0 Å². The van der Waals surface area contributed by atoms with E-state index in [2.05, 4.69) is 221 Å². The normalized spacial score (nSPS) is 14.6. The number of fused-ring (bicyclic) bond motifs is 6. The van der Waals surface area contributed by atoms with Crippen LogP contribution in [0.3, 0.4) is 0 Å². The average molecular weight is 892 g/mol. The van der Waals surface area contributed by atoms with E-state index in [-0.39, 0.29) is 10.8 Å². The Labute approximate surface area is 394 Å². The van der Waals surface area contributed by atoms with Crippen molar-refractivity contribution in [2.45, 2.75) is 67.9 Å². The molecule has 0 atom stereocenters. The Morgan fingerprint density at radius 3 is 1.15 bits per heavy atom. The second-order valence-corrected chi connectivity index (χ2v) is 21.2. The Balaban J connectivity index is 0.927. The fourth-order valence-corrected chi connectivity index (χ4v) is 14.1. The Kier molecular flexibility index (Phi) is 9.68. The molecular formula is C60H45NOS3. The predicted molar refractivity (Wildman–Crippen MR) is 273 cm³/mol. The Morgan fingerprint density at radius 1 is 0.323 bits per heavy atom. The molecule has 3 aliphatic rings. The molecule has 9 aromatic rings. The van der Waals surface area contributed by atoms with E-state index in [1.165, 1.54) is 69.7 Å². The molecule has 0 spiro atoms. The topological polar surface area (TPSA) is 12.5 Å². The maximum absolute atomic E-state index is 6.38. The zero-order valence-corrected chi connectivity index (χ0v) is 39.1. The monoisotopic (exact) mass is 891 g/mol. The third-order valence-electron chi connectivity index (χ3n) is 13.5. The molecule has 3 aliphatic heterocycles. The summed E-state index contributed by atoms with van der Waals surface area (Å²) >= 11 is 5.58. The van der Waals surface area contributed by atoms with Gasteiger partial charge in [-0.05, 0) is 122 Å². The van der Waals surface area contributed by atoms with Gasteiger partial charge in [-0.25, -0.2) is 0 Å². The van der Waals surface area contributed by atoms with Crippen LogP contribution in [0.1, 0.15) is 49.9 Å². The number of nitrogens with zero attached hydrogens (tertiary/aromatic N) is 1. The van der Waals surface area contributed by atoms with Crippen molar-refractivity contribution < 1.29 is 4.74 Å². The van der Waals surface area contributed by atoms with Gasteiger partial charge in [-0.1, -0.05) is 196 Å². The second kappa shape index (κ2) is 15.7. The van der Waals surface area contributed by atoms with E-state index in [1.807, 2.05) is 35.7 Å². The highest BCUT2D eigenvalue weighted by molar-refractivity contribution is 8.00. The lowest BCUT2D eigenvalue weighted by atomic mass is 9.77. The van der Waals surface area contributed by atoms with E-state index in [4.69, 9.17) is 4.74 Å². The van der Waals surface area contributed by atoms with Crippen LogP contribution in [0, 0.1) is 0 Å². The highest BCUT2D eigenvalue weighted by Gasteiger charge is 2.35. The number of rotatable bonds is 6. The molecule has 0 aliphatic carbocycles. The molecule has 0 saturated heterocycles. The van der Waals surface area contributed by atoms with E-state index < -0.39 is 0 Å². The fourth-order valence-electron chi connectivity index (χ4n) is 9.98. The number of hydrogen-bond acceptors (Lipinski definition) is 5. The molecule has 0 radical (unpaired) electrons. The Morgan fingerprint density at radius 2 is 0.677 bits per heavy atom. The van der Waals surface area contributed by atoms with Gasteiger partial charge < -0.3 is 9.64 Å². The minimum atomic E-state index is -0.0874. The van der Waals surface area contributed by atoms with E-state index in [9.17, 15) is 0 Å². The lowest BCUT2D eigenvalue weighted by molar-refractivity contribution is 0.455. The zero-order chi connectivity index (χ0) is 43.9. The lowest BCUT2D eigenvalue weighted by Gasteiger charge is -2.35. The van der Waals surface area contributed by atoms with Crippen molar-refractivity contribution in [2.24, 2.45) is 0 Å². The van der Waals surface area contributed by atoms with E-state index in [0.717, 1.165) is 43.9 Å². The third-order valence-corrected chi connectivity index (χ3v) is 17.1. The maximum atomic E-state index is 6.38. The van der Waals surface area contributed by atoms with Gasteiger partial charge in [0, 0.05) is 47.5 Å². The molecule has 2 nitrogen and oxygen atoms in total. The summed E-state index contributed by atoms with van der Waals surface area (Å²) in [7, 11) is 0. The number of benzene rings is 9. The summed E-state index contributed by atoms with van der Waals surface area (Å²) in [6.45, 7) is 9.42. The van der Waals surface area contributed by atoms with Crippen LogP contribution < -0.4 is 9.64 Å². The molecule has 3 heterocycles. The summed E-state index contributed by atoms with van der Waals surface area (Å²) in [6.07, 6.45) is 0. The molecule has 0 N–H and O–H groups in total. The number of hydrogen-bond donors (Lipinski definition) is 0. The van der Waals surface area contributed by atoms with Gasteiger partial charge in [0.15, 0.2) is 0 Å². The van der Waals surface area contributed by atoms with Gasteiger partial charge in [-0.2, -0.15) is 0 Å². The van der Waals surface area contributed by atoms with Crippen molar-refractivity contribution in [3.05, 3.63) is 222 Å². The van der Waals surface area contributed by atoms with Crippen LogP contribution >= 0.6 is 35.3 Å². The van der Waals surface area contributed by atoms with E-state index in [1.54, 1.807) is 11.8 Å². The minimum Gasteiger partial charge on any atom is -0.455 e. The first-order valence-electron chi connectivity index (χ1n) is 22.2. The van der Waals surface area contributed by atoms with Crippen LogP contribution in [0.25, 0.3) is 33.4 Å². The summed E-state index contributed by atoms with van der Waals surface area (Å²) in [5.41, 5.74) is 15.9. The molecule has 9 aromatic carbocycles. The van der Waals surface area contributed by atoms with Crippen LogP contribution in [0.2, 0.25) is 0 Å². The zero-order valence-electron chi connectivity index (χ0n) is 36.6. The van der Waals surface area contributed by atoms with Gasteiger partial charge in [0.2, 0.25) is 0 Å². The first-order valence-corrected chi connectivity index (χ1v) is 24.7. The van der Waals surface area contributed by atoms with Crippen molar-refractivity contribution in [1.29, 1.82) is 0 Å². The van der Waals surface area contributed by atoms with Gasteiger partial charge >= 0.3 is 0 Å². The van der Waals surface area contributed by atoms with Gasteiger partial charge in [0.1, 0.15) is 11.5 Å². The van der Waals surface area contributed by atoms with Crippen LogP contribution in [0.5, 0.6) is 11.5 Å². The first kappa shape index (κ1) is 40.2. The first-order chi connectivity index (χ1) is 31.7. The molecule has 12 rings (SSSR count). The molecule has 0 unspecified atom stereocenters. The van der Waals surface area contributed by atoms with Crippen molar-refractivity contribution >= 4 is 52.3 Å². The van der Waals surface area contributed by atoms with Gasteiger partial charge in [-0.3, -0.25) is 0 Å².